The van der Waals surface area contributed by atoms with Crippen LogP contribution in [0.3, 0.4) is 0 Å². The van der Waals surface area contributed by atoms with Crippen molar-refractivity contribution < 1.29 is 4.74 Å². The molecule has 0 radical (unpaired) electrons. The lowest BCUT2D eigenvalue weighted by atomic mass is 9.97. The minimum Gasteiger partial charge on any atom is -0.439 e. The van der Waals surface area contributed by atoms with Crippen LogP contribution < -0.4 is 4.74 Å². The van der Waals surface area contributed by atoms with Crippen molar-refractivity contribution in [2.75, 3.05) is 0 Å². The minimum atomic E-state index is 0.657. The topological polar surface area (TPSA) is 35.0 Å². The first kappa shape index (κ1) is 18.3. The SMILES string of the molecule is Cc1ccc(CSc2nc3c(c(Oc4cccc(Cl)c4)n2)CCCC3)cc1. The van der Waals surface area contributed by atoms with E-state index in [1.165, 1.54) is 17.5 Å². The lowest BCUT2D eigenvalue weighted by Gasteiger charge is -2.19. The molecule has 0 saturated heterocycles. The number of hydrogen-bond acceptors (Lipinski definition) is 4. The van der Waals surface area contributed by atoms with Gasteiger partial charge in [0.1, 0.15) is 5.75 Å². The molecule has 1 aliphatic rings. The first-order chi connectivity index (χ1) is 13.2. The van der Waals surface area contributed by atoms with Crippen LogP contribution in [0.2, 0.25) is 5.02 Å². The summed E-state index contributed by atoms with van der Waals surface area (Å²) >= 11 is 7.75. The third-order valence-electron chi connectivity index (χ3n) is 4.62. The molecule has 4 rings (SSSR count). The summed E-state index contributed by atoms with van der Waals surface area (Å²) in [6.45, 7) is 2.10. The zero-order valence-electron chi connectivity index (χ0n) is 15.2. The fourth-order valence-corrected chi connectivity index (χ4v) is 4.15. The highest BCUT2D eigenvalue weighted by Gasteiger charge is 2.20. The standard InChI is InChI=1S/C22H21ClN2OS/c1-15-9-11-16(12-10-15)14-27-22-24-20-8-3-2-7-19(20)21(25-22)26-18-6-4-5-17(23)13-18/h4-6,9-13H,2-3,7-8,14H2,1H3. The number of thioether (sulfide) groups is 1. The van der Waals surface area contributed by atoms with Gasteiger partial charge in [0.2, 0.25) is 5.88 Å². The van der Waals surface area contributed by atoms with Crippen LogP contribution in [0.5, 0.6) is 11.6 Å². The maximum absolute atomic E-state index is 6.12. The molecule has 1 heterocycles. The third-order valence-corrected chi connectivity index (χ3v) is 5.78. The van der Waals surface area contributed by atoms with E-state index in [-0.39, 0.29) is 0 Å². The highest BCUT2D eigenvalue weighted by atomic mass is 35.5. The van der Waals surface area contributed by atoms with Gasteiger partial charge in [-0.25, -0.2) is 4.98 Å². The van der Waals surface area contributed by atoms with Gasteiger partial charge < -0.3 is 4.74 Å². The van der Waals surface area contributed by atoms with E-state index in [0.29, 0.717) is 16.7 Å². The number of ether oxygens (including phenoxy) is 1. The van der Waals surface area contributed by atoms with Gasteiger partial charge in [0.15, 0.2) is 5.16 Å². The number of rotatable bonds is 5. The van der Waals surface area contributed by atoms with Crippen LogP contribution >= 0.6 is 23.4 Å². The Morgan fingerprint density at radius 3 is 2.67 bits per heavy atom. The van der Waals surface area contributed by atoms with Crippen molar-refractivity contribution >= 4 is 23.4 Å². The van der Waals surface area contributed by atoms with Gasteiger partial charge in [0.05, 0.1) is 5.69 Å². The molecule has 0 amide bonds. The molecule has 1 aliphatic carbocycles. The van der Waals surface area contributed by atoms with E-state index < -0.39 is 0 Å². The maximum atomic E-state index is 6.12. The molecular weight excluding hydrogens is 376 g/mol. The lowest BCUT2D eigenvalue weighted by molar-refractivity contribution is 0.439. The van der Waals surface area contributed by atoms with Gasteiger partial charge in [-0.05, 0) is 56.4 Å². The van der Waals surface area contributed by atoms with Gasteiger partial charge >= 0.3 is 0 Å². The molecule has 0 N–H and O–H groups in total. The summed E-state index contributed by atoms with van der Waals surface area (Å²) in [5, 5.41) is 1.43. The average Bonchev–Trinajstić information content (AvgIpc) is 2.68. The van der Waals surface area contributed by atoms with E-state index in [4.69, 9.17) is 26.3 Å². The van der Waals surface area contributed by atoms with E-state index in [0.717, 1.165) is 41.4 Å². The second-order valence-electron chi connectivity index (χ2n) is 6.78. The van der Waals surface area contributed by atoms with Crippen LogP contribution in [0, 0.1) is 6.92 Å². The molecule has 0 bridgehead atoms. The quantitative estimate of drug-likeness (QED) is 0.369. The van der Waals surface area contributed by atoms with Crippen LogP contribution in [0.4, 0.5) is 0 Å². The highest BCUT2D eigenvalue weighted by molar-refractivity contribution is 7.98. The van der Waals surface area contributed by atoms with Gasteiger partial charge in [-0.1, -0.05) is 59.3 Å². The zero-order valence-corrected chi connectivity index (χ0v) is 16.8. The molecule has 2 aromatic carbocycles. The Balaban J connectivity index is 1.59. The number of aromatic nitrogens is 2. The van der Waals surface area contributed by atoms with Gasteiger partial charge in [0, 0.05) is 16.3 Å². The molecule has 1 aromatic heterocycles. The van der Waals surface area contributed by atoms with Crippen molar-refractivity contribution in [3.05, 3.63) is 75.9 Å². The molecular formula is C22H21ClN2OS. The Morgan fingerprint density at radius 2 is 1.85 bits per heavy atom. The largest absolute Gasteiger partial charge is 0.439 e. The summed E-state index contributed by atoms with van der Waals surface area (Å²) in [5.41, 5.74) is 4.80. The Hall–Kier alpha value is -2.04. The highest BCUT2D eigenvalue weighted by Crippen LogP contribution is 2.33. The number of fused-ring (bicyclic) bond motifs is 1. The molecule has 3 nitrogen and oxygen atoms in total. The molecule has 0 fully saturated rings. The second-order valence-corrected chi connectivity index (χ2v) is 8.16. The first-order valence-electron chi connectivity index (χ1n) is 9.19. The predicted octanol–water partition coefficient (Wildman–Crippen LogP) is 6.40. The molecule has 0 unspecified atom stereocenters. The summed E-state index contributed by atoms with van der Waals surface area (Å²) < 4.78 is 6.12. The summed E-state index contributed by atoms with van der Waals surface area (Å²) in [4.78, 5) is 9.54. The van der Waals surface area contributed by atoms with E-state index in [2.05, 4.69) is 31.2 Å². The van der Waals surface area contributed by atoms with Crippen molar-refractivity contribution in [1.82, 2.24) is 9.97 Å². The summed E-state index contributed by atoms with van der Waals surface area (Å²) in [6, 6.07) is 16.0. The monoisotopic (exact) mass is 396 g/mol. The van der Waals surface area contributed by atoms with E-state index in [1.54, 1.807) is 11.8 Å². The maximum Gasteiger partial charge on any atom is 0.226 e. The summed E-state index contributed by atoms with van der Waals surface area (Å²) in [5.74, 6) is 2.23. The van der Waals surface area contributed by atoms with Crippen LogP contribution in [0.25, 0.3) is 0 Å². The van der Waals surface area contributed by atoms with Crippen LogP contribution in [0.1, 0.15) is 35.2 Å². The molecule has 0 saturated carbocycles. The molecule has 27 heavy (non-hydrogen) atoms. The Bertz CT molecular complexity index is 944. The molecule has 3 aromatic rings. The average molecular weight is 397 g/mol. The van der Waals surface area contributed by atoms with Gasteiger partial charge in [-0.15, -0.1) is 0 Å². The van der Waals surface area contributed by atoms with Gasteiger partial charge in [-0.2, -0.15) is 4.98 Å². The molecule has 138 valence electrons. The summed E-state index contributed by atoms with van der Waals surface area (Å²) in [6.07, 6.45) is 4.27. The number of benzene rings is 2. The van der Waals surface area contributed by atoms with Crippen molar-refractivity contribution in [1.29, 1.82) is 0 Å². The predicted molar refractivity (Wildman–Crippen MR) is 111 cm³/mol. The number of hydrogen-bond donors (Lipinski definition) is 0. The Morgan fingerprint density at radius 1 is 1.04 bits per heavy atom. The normalized spacial score (nSPS) is 13.3. The second kappa shape index (κ2) is 8.32. The van der Waals surface area contributed by atoms with Crippen LogP contribution in [-0.2, 0) is 18.6 Å². The number of halogens is 1. The number of aryl methyl sites for hydroxylation is 2. The van der Waals surface area contributed by atoms with Crippen molar-refractivity contribution in [2.45, 2.75) is 43.5 Å². The van der Waals surface area contributed by atoms with Crippen LogP contribution in [-0.4, -0.2) is 9.97 Å². The third kappa shape index (κ3) is 4.63. The number of nitrogens with zero attached hydrogens (tertiary/aromatic N) is 2. The van der Waals surface area contributed by atoms with Gasteiger partial charge in [-0.3, -0.25) is 0 Å². The first-order valence-corrected chi connectivity index (χ1v) is 10.6. The fourth-order valence-electron chi connectivity index (χ4n) is 3.16. The summed E-state index contributed by atoms with van der Waals surface area (Å²) in [7, 11) is 0. The Labute approximate surface area is 169 Å². The fraction of sp³-hybridized carbons (Fsp3) is 0.273. The van der Waals surface area contributed by atoms with E-state index in [1.807, 2.05) is 24.3 Å². The Kier molecular flexibility index (Phi) is 5.65. The molecule has 0 atom stereocenters. The van der Waals surface area contributed by atoms with Gasteiger partial charge in [0.25, 0.3) is 0 Å². The molecule has 0 spiro atoms. The minimum absolute atomic E-state index is 0.657. The van der Waals surface area contributed by atoms with Crippen molar-refractivity contribution in [3.63, 3.8) is 0 Å². The lowest BCUT2D eigenvalue weighted by Crippen LogP contribution is -2.10. The zero-order chi connectivity index (χ0) is 18.6. The van der Waals surface area contributed by atoms with Crippen LogP contribution in [0.15, 0.2) is 53.7 Å². The molecule has 0 aliphatic heterocycles. The molecule has 5 heteroatoms. The smallest absolute Gasteiger partial charge is 0.226 e. The van der Waals surface area contributed by atoms with Crippen molar-refractivity contribution in [2.24, 2.45) is 0 Å². The van der Waals surface area contributed by atoms with E-state index >= 15 is 0 Å². The van der Waals surface area contributed by atoms with Crippen molar-refractivity contribution in [3.8, 4) is 11.6 Å². The van der Waals surface area contributed by atoms with E-state index in [9.17, 15) is 0 Å².